The Morgan fingerprint density at radius 2 is 1.95 bits per heavy atom. The van der Waals surface area contributed by atoms with Gasteiger partial charge < -0.3 is 19.8 Å². The Kier molecular flexibility index (Phi) is 3.76. The maximum absolute atomic E-state index is 5.90. The van der Waals surface area contributed by atoms with Gasteiger partial charge in [0.25, 0.3) is 0 Å². The predicted octanol–water partition coefficient (Wildman–Crippen LogP) is 2.84. The molecule has 1 aromatic heterocycles. The van der Waals surface area contributed by atoms with E-state index in [1.54, 1.807) is 14.2 Å². The van der Waals surface area contributed by atoms with Crippen molar-refractivity contribution in [2.24, 2.45) is 5.73 Å². The molecule has 1 unspecified atom stereocenters. The molecule has 1 aliphatic carbocycles. The third-order valence-electron chi connectivity index (χ3n) is 4.47. The molecule has 5 nitrogen and oxygen atoms in total. The number of fused-ring (bicyclic) bond motifs is 1. The first-order chi connectivity index (χ1) is 10.2. The second-order valence-corrected chi connectivity index (χ2v) is 5.75. The number of aromatic nitrogens is 2. The standard InChI is InChI=1S/C16H23N3O2/c1-10(9-17)19-13-8-15(21-3)14(20-2)7-12(13)18-16(19)11-5-4-6-11/h7-8,10-11H,4-6,9,17H2,1-3H3. The molecule has 21 heavy (non-hydrogen) atoms. The summed E-state index contributed by atoms with van der Waals surface area (Å²) >= 11 is 0. The molecule has 0 saturated heterocycles. The average Bonchev–Trinajstić information content (AvgIpc) is 2.80. The highest BCUT2D eigenvalue weighted by atomic mass is 16.5. The molecular formula is C16H23N3O2. The summed E-state index contributed by atoms with van der Waals surface area (Å²) in [4.78, 5) is 4.86. The quantitative estimate of drug-likeness (QED) is 0.919. The smallest absolute Gasteiger partial charge is 0.163 e. The number of nitrogens with two attached hydrogens (primary N) is 1. The molecule has 1 aliphatic rings. The van der Waals surface area contributed by atoms with Gasteiger partial charge in [-0.1, -0.05) is 6.42 Å². The van der Waals surface area contributed by atoms with Gasteiger partial charge in [-0.15, -0.1) is 0 Å². The van der Waals surface area contributed by atoms with Crippen LogP contribution in [0.15, 0.2) is 12.1 Å². The summed E-state index contributed by atoms with van der Waals surface area (Å²) in [6, 6.07) is 4.19. The van der Waals surface area contributed by atoms with Crippen LogP contribution in [0, 0.1) is 0 Å². The second-order valence-electron chi connectivity index (χ2n) is 5.75. The Morgan fingerprint density at radius 3 is 2.48 bits per heavy atom. The zero-order valence-corrected chi connectivity index (χ0v) is 12.9. The third kappa shape index (κ3) is 2.25. The lowest BCUT2D eigenvalue weighted by molar-refractivity contribution is 0.355. The van der Waals surface area contributed by atoms with Crippen molar-refractivity contribution in [3.63, 3.8) is 0 Å². The SMILES string of the molecule is COc1cc2nc(C3CCC3)n(C(C)CN)c2cc1OC. The van der Waals surface area contributed by atoms with Crippen LogP contribution in [0.25, 0.3) is 11.0 Å². The zero-order valence-electron chi connectivity index (χ0n) is 12.9. The molecule has 1 saturated carbocycles. The van der Waals surface area contributed by atoms with Crippen molar-refractivity contribution >= 4 is 11.0 Å². The molecule has 0 amide bonds. The van der Waals surface area contributed by atoms with Gasteiger partial charge in [0, 0.05) is 30.6 Å². The van der Waals surface area contributed by atoms with E-state index in [0.717, 1.165) is 28.4 Å². The average molecular weight is 289 g/mol. The van der Waals surface area contributed by atoms with Crippen LogP contribution in [-0.4, -0.2) is 30.3 Å². The van der Waals surface area contributed by atoms with Crippen molar-refractivity contribution in [1.29, 1.82) is 0 Å². The minimum atomic E-state index is 0.226. The summed E-state index contributed by atoms with van der Waals surface area (Å²) in [5.74, 6) is 3.17. The molecule has 2 N–H and O–H groups in total. The predicted molar refractivity (Wildman–Crippen MR) is 83.2 cm³/mol. The van der Waals surface area contributed by atoms with Gasteiger partial charge >= 0.3 is 0 Å². The highest BCUT2D eigenvalue weighted by molar-refractivity contribution is 5.81. The summed E-state index contributed by atoms with van der Waals surface area (Å²) in [5, 5.41) is 0. The number of hydrogen-bond donors (Lipinski definition) is 1. The van der Waals surface area contributed by atoms with Crippen LogP contribution < -0.4 is 15.2 Å². The summed E-state index contributed by atoms with van der Waals surface area (Å²) < 4.78 is 13.1. The molecule has 0 radical (unpaired) electrons. The lowest BCUT2D eigenvalue weighted by atomic mass is 9.84. The van der Waals surface area contributed by atoms with E-state index in [2.05, 4.69) is 11.5 Å². The topological polar surface area (TPSA) is 62.3 Å². The van der Waals surface area contributed by atoms with Crippen LogP contribution in [0.5, 0.6) is 11.5 Å². The van der Waals surface area contributed by atoms with Gasteiger partial charge in [-0.25, -0.2) is 4.98 Å². The maximum atomic E-state index is 5.90. The molecule has 114 valence electrons. The summed E-state index contributed by atoms with van der Waals surface area (Å²) in [6.07, 6.45) is 3.72. The van der Waals surface area contributed by atoms with Crippen molar-refractivity contribution in [2.75, 3.05) is 20.8 Å². The summed E-state index contributed by atoms with van der Waals surface area (Å²) in [5.41, 5.74) is 7.93. The fraction of sp³-hybridized carbons (Fsp3) is 0.562. The first-order valence-corrected chi connectivity index (χ1v) is 7.53. The van der Waals surface area contributed by atoms with E-state index in [0.29, 0.717) is 12.5 Å². The Labute approximate surface area is 125 Å². The van der Waals surface area contributed by atoms with Gasteiger partial charge in [0.15, 0.2) is 11.5 Å². The third-order valence-corrected chi connectivity index (χ3v) is 4.47. The van der Waals surface area contributed by atoms with E-state index in [1.807, 2.05) is 12.1 Å². The summed E-state index contributed by atoms with van der Waals surface area (Å²) in [6.45, 7) is 2.74. The van der Waals surface area contributed by atoms with E-state index < -0.39 is 0 Å². The number of imidazole rings is 1. The van der Waals surface area contributed by atoms with Crippen LogP contribution >= 0.6 is 0 Å². The molecule has 0 bridgehead atoms. The Morgan fingerprint density at radius 1 is 1.29 bits per heavy atom. The van der Waals surface area contributed by atoms with Gasteiger partial charge in [0.2, 0.25) is 0 Å². The van der Waals surface area contributed by atoms with Crippen molar-refractivity contribution in [3.05, 3.63) is 18.0 Å². The summed E-state index contributed by atoms with van der Waals surface area (Å²) in [7, 11) is 3.31. The lowest BCUT2D eigenvalue weighted by Crippen LogP contribution is -2.22. The first-order valence-electron chi connectivity index (χ1n) is 7.53. The van der Waals surface area contributed by atoms with Gasteiger partial charge in [-0.2, -0.15) is 0 Å². The molecule has 5 heteroatoms. The minimum absolute atomic E-state index is 0.226. The highest BCUT2D eigenvalue weighted by Crippen LogP contribution is 2.40. The van der Waals surface area contributed by atoms with Gasteiger partial charge in [-0.3, -0.25) is 0 Å². The van der Waals surface area contributed by atoms with E-state index in [-0.39, 0.29) is 6.04 Å². The van der Waals surface area contributed by atoms with Crippen molar-refractivity contribution in [3.8, 4) is 11.5 Å². The Balaban J connectivity index is 2.21. The number of ether oxygens (including phenoxy) is 2. The lowest BCUT2D eigenvalue weighted by Gasteiger charge is -2.27. The molecule has 1 aromatic carbocycles. The van der Waals surface area contributed by atoms with Crippen molar-refractivity contribution < 1.29 is 9.47 Å². The normalized spacial score (nSPS) is 16.8. The fourth-order valence-electron chi connectivity index (χ4n) is 2.96. The van der Waals surface area contributed by atoms with Crippen LogP contribution in [0.2, 0.25) is 0 Å². The van der Waals surface area contributed by atoms with Gasteiger partial charge in [-0.05, 0) is 19.8 Å². The maximum Gasteiger partial charge on any atom is 0.163 e. The second kappa shape index (κ2) is 5.56. The molecule has 0 aliphatic heterocycles. The molecule has 1 fully saturated rings. The van der Waals surface area contributed by atoms with Crippen molar-refractivity contribution in [1.82, 2.24) is 9.55 Å². The number of methoxy groups -OCH3 is 2. The molecule has 2 aromatic rings. The number of hydrogen-bond acceptors (Lipinski definition) is 4. The van der Waals surface area contributed by atoms with Crippen LogP contribution in [0.1, 0.15) is 44.0 Å². The fourth-order valence-corrected chi connectivity index (χ4v) is 2.96. The molecule has 3 rings (SSSR count). The molecule has 1 heterocycles. The molecule has 1 atom stereocenters. The van der Waals surface area contributed by atoms with E-state index in [1.165, 1.54) is 19.3 Å². The Bertz CT molecular complexity index is 646. The minimum Gasteiger partial charge on any atom is -0.493 e. The molecule has 0 spiro atoms. The largest absolute Gasteiger partial charge is 0.493 e. The van der Waals surface area contributed by atoms with Crippen LogP contribution in [0.4, 0.5) is 0 Å². The van der Waals surface area contributed by atoms with Crippen LogP contribution in [-0.2, 0) is 0 Å². The number of benzene rings is 1. The van der Waals surface area contributed by atoms with Crippen molar-refractivity contribution in [2.45, 2.75) is 38.1 Å². The van der Waals surface area contributed by atoms with E-state index >= 15 is 0 Å². The van der Waals surface area contributed by atoms with Crippen LogP contribution in [0.3, 0.4) is 0 Å². The van der Waals surface area contributed by atoms with Gasteiger partial charge in [0.05, 0.1) is 25.3 Å². The Hall–Kier alpha value is -1.75. The number of nitrogens with zero attached hydrogens (tertiary/aromatic N) is 2. The number of rotatable bonds is 5. The van der Waals surface area contributed by atoms with E-state index in [4.69, 9.17) is 20.2 Å². The highest BCUT2D eigenvalue weighted by Gasteiger charge is 2.28. The van der Waals surface area contributed by atoms with E-state index in [9.17, 15) is 0 Å². The zero-order chi connectivity index (χ0) is 15.0. The van der Waals surface area contributed by atoms with Gasteiger partial charge in [0.1, 0.15) is 5.82 Å². The first kappa shape index (κ1) is 14.2. The monoisotopic (exact) mass is 289 g/mol. The molecular weight excluding hydrogens is 266 g/mol.